The van der Waals surface area contributed by atoms with Crippen LogP contribution in [0.2, 0.25) is 0 Å². The van der Waals surface area contributed by atoms with Gasteiger partial charge in [0.05, 0.1) is 4.90 Å². The molecule has 0 bridgehead atoms. The van der Waals surface area contributed by atoms with E-state index in [9.17, 15) is 17.9 Å². The molecule has 7 heteroatoms. The van der Waals surface area contributed by atoms with Crippen LogP contribution in [0.4, 0.5) is 4.39 Å². The molecule has 22 heavy (non-hydrogen) atoms. The van der Waals surface area contributed by atoms with E-state index >= 15 is 0 Å². The highest BCUT2D eigenvalue weighted by molar-refractivity contribution is 7.90. The first kappa shape index (κ1) is 14.4. The number of aromatic hydroxyl groups is 1. The third-order valence-corrected chi connectivity index (χ3v) is 4.38. The van der Waals surface area contributed by atoms with Crippen molar-refractivity contribution in [2.24, 2.45) is 0 Å². The highest BCUT2D eigenvalue weighted by Crippen LogP contribution is 2.32. The number of hydrogen-bond donors (Lipinski definition) is 1. The van der Waals surface area contributed by atoms with Crippen LogP contribution in [-0.4, -0.2) is 29.7 Å². The minimum Gasteiger partial charge on any atom is -0.506 e. The van der Waals surface area contributed by atoms with Crippen molar-refractivity contribution in [2.45, 2.75) is 4.90 Å². The predicted octanol–water partition coefficient (Wildman–Crippen LogP) is 2.55. The number of fused-ring (bicyclic) bond motifs is 1. The van der Waals surface area contributed by atoms with Crippen molar-refractivity contribution in [3.63, 3.8) is 0 Å². The van der Waals surface area contributed by atoms with E-state index in [4.69, 9.17) is 0 Å². The number of hydrogen-bond acceptors (Lipinski definition) is 5. The maximum absolute atomic E-state index is 14.2. The van der Waals surface area contributed by atoms with Gasteiger partial charge in [-0.2, -0.15) is 0 Å². The van der Waals surface area contributed by atoms with Gasteiger partial charge in [0, 0.05) is 23.4 Å². The summed E-state index contributed by atoms with van der Waals surface area (Å²) in [5.74, 6) is -0.778. The van der Waals surface area contributed by atoms with E-state index in [2.05, 4.69) is 9.97 Å². The summed E-state index contributed by atoms with van der Waals surface area (Å²) in [6.07, 6.45) is 3.83. The molecule has 0 fully saturated rings. The zero-order chi connectivity index (χ0) is 15.9. The molecule has 5 nitrogen and oxygen atoms in total. The van der Waals surface area contributed by atoms with Crippen LogP contribution in [0.25, 0.3) is 22.0 Å². The van der Waals surface area contributed by atoms with Crippen molar-refractivity contribution < 1.29 is 17.9 Å². The average molecular weight is 318 g/mol. The van der Waals surface area contributed by atoms with Gasteiger partial charge >= 0.3 is 0 Å². The van der Waals surface area contributed by atoms with Crippen molar-refractivity contribution in [2.75, 3.05) is 6.26 Å². The van der Waals surface area contributed by atoms with E-state index in [0.717, 1.165) is 12.3 Å². The van der Waals surface area contributed by atoms with E-state index in [1.165, 1.54) is 30.7 Å². The SMILES string of the molecule is CS(=O)(=O)c1ccc(-c2cc(O)c3ncncc3c2)c(F)c1. The zero-order valence-corrected chi connectivity index (χ0v) is 12.3. The summed E-state index contributed by atoms with van der Waals surface area (Å²) in [7, 11) is -3.48. The van der Waals surface area contributed by atoms with E-state index in [0.29, 0.717) is 16.5 Å². The minimum absolute atomic E-state index is 0.0953. The van der Waals surface area contributed by atoms with Gasteiger partial charge in [-0.3, -0.25) is 0 Å². The smallest absolute Gasteiger partial charge is 0.175 e. The van der Waals surface area contributed by atoms with E-state index < -0.39 is 15.7 Å². The second-order valence-electron chi connectivity index (χ2n) is 4.87. The molecule has 0 aliphatic heterocycles. The van der Waals surface area contributed by atoms with E-state index in [-0.39, 0.29) is 16.2 Å². The Bertz CT molecular complexity index is 987. The van der Waals surface area contributed by atoms with Crippen LogP contribution in [0.3, 0.4) is 0 Å². The lowest BCUT2D eigenvalue weighted by atomic mass is 10.0. The molecule has 0 radical (unpaired) electrons. The molecule has 1 heterocycles. The molecule has 1 N–H and O–H groups in total. The summed E-state index contributed by atoms with van der Waals surface area (Å²) in [6, 6.07) is 6.68. The third kappa shape index (κ3) is 2.50. The van der Waals surface area contributed by atoms with Crippen LogP contribution in [0.5, 0.6) is 5.75 Å². The summed E-state index contributed by atoms with van der Waals surface area (Å²) in [5.41, 5.74) is 0.970. The van der Waals surface area contributed by atoms with Gasteiger partial charge in [-0.25, -0.2) is 22.8 Å². The summed E-state index contributed by atoms with van der Waals surface area (Å²) >= 11 is 0. The van der Waals surface area contributed by atoms with E-state index in [1.807, 2.05) is 0 Å². The van der Waals surface area contributed by atoms with Crippen molar-refractivity contribution in [3.05, 3.63) is 48.7 Å². The number of aromatic nitrogens is 2. The molecule has 3 aromatic rings. The van der Waals surface area contributed by atoms with Gasteiger partial charge in [-0.05, 0) is 29.8 Å². The second-order valence-corrected chi connectivity index (χ2v) is 6.89. The first-order chi connectivity index (χ1) is 10.4. The van der Waals surface area contributed by atoms with Crippen molar-refractivity contribution in [1.82, 2.24) is 9.97 Å². The van der Waals surface area contributed by atoms with Gasteiger partial charge in [0.1, 0.15) is 23.4 Å². The van der Waals surface area contributed by atoms with Crippen LogP contribution in [0.15, 0.2) is 47.8 Å². The zero-order valence-electron chi connectivity index (χ0n) is 11.5. The van der Waals surface area contributed by atoms with Crippen molar-refractivity contribution in [1.29, 1.82) is 0 Å². The Morgan fingerprint density at radius 1 is 1.18 bits per heavy atom. The number of phenols is 1. The monoisotopic (exact) mass is 318 g/mol. The highest BCUT2D eigenvalue weighted by Gasteiger charge is 2.14. The molecular formula is C15H11FN2O3S. The molecule has 0 unspecified atom stereocenters. The lowest BCUT2D eigenvalue weighted by molar-refractivity contribution is 0.480. The van der Waals surface area contributed by atoms with Crippen LogP contribution in [0, 0.1) is 5.82 Å². The molecule has 0 aliphatic rings. The molecule has 0 amide bonds. The Labute approximate surface area is 126 Å². The Balaban J connectivity index is 2.20. The molecule has 0 spiro atoms. The first-order valence-corrected chi connectivity index (χ1v) is 8.18. The van der Waals surface area contributed by atoms with Crippen molar-refractivity contribution >= 4 is 20.7 Å². The van der Waals surface area contributed by atoms with Crippen LogP contribution in [0.1, 0.15) is 0 Å². The van der Waals surface area contributed by atoms with Gasteiger partial charge < -0.3 is 5.11 Å². The van der Waals surface area contributed by atoms with Crippen LogP contribution in [-0.2, 0) is 9.84 Å². The van der Waals surface area contributed by atoms with Gasteiger partial charge in [0.15, 0.2) is 9.84 Å². The maximum Gasteiger partial charge on any atom is 0.175 e. The molecular weight excluding hydrogens is 307 g/mol. The number of phenolic OH excluding ortho intramolecular Hbond substituents is 1. The summed E-state index contributed by atoms with van der Waals surface area (Å²) in [6.45, 7) is 0. The molecule has 0 saturated carbocycles. The molecule has 0 saturated heterocycles. The Hall–Kier alpha value is -2.54. The molecule has 0 atom stereocenters. The van der Waals surface area contributed by atoms with Crippen LogP contribution >= 0.6 is 0 Å². The number of sulfone groups is 1. The Morgan fingerprint density at radius 3 is 2.64 bits per heavy atom. The molecule has 1 aromatic heterocycles. The Kier molecular flexibility index (Phi) is 3.29. The van der Waals surface area contributed by atoms with E-state index in [1.54, 1.807) is 6.07 Å². The quantitative estimate of drug-likeness (QED) is 0.785. The Morgan fingerprint density at radius 2 is 1.95 bits per heavy atom. The fraction of sp³-hybridized carbons (Fsp3) is 0.0667. The molecule has 0 aliphatic carbocycles. The molecule has 112 valence electrons. The normalized spacial score (nSPS) is 11.7. The summed E-state index contributed by atoms with van der Waals surface area (Å²) in [5, 5.41) is 10.5. The maximum atomic E-state index is 14.2. The van der Waals surface area contributed by atoms with Gasteiger partial charge in [-0.15, -0.1) is 0 Å². The fourth-order valence-corrected chi connectivity index (χ4v) is 2.83. The lowest BCUT2D eigenvalue weighted by Crippen LogP contribution is -1.98. The minimum atomic E-state index is -3.48. The number of nitrogens with zero attached hydrogens (tertiary/aromatic N) is 2. The first-order valence-electron chi connectivity index (χ1n) is 6.29. The van der Waals surface area contributed by atoms with Gasteiger partial charge in [0.25, 0.3) is 0 Å². The number of benzene rings is 2. The number of rotatable bonds is 2. The fourth-order valence-electron chi connectivity index (χ4n) is 2.20. The predicted molar refractivity (Wildman–Crippen MR) is 79.7 cm³/mol. The molecule has 3 rings (SSSR count). The second kappa shape index (κ2) is 5.03. The third-order valence-electron chi connectivity index (χ3n) is 3.27. The lowest BCUT2D eigenvalue weighted by Gasteiger charge is -2.08. The standard InChI is InChI=1S/C15H11FN2O3S/c1-22(20,21)11-2-3-12(13(16)6-11)9-4-10-7-17-8-18-15(10)14(19)5-9/h2-8,19H,1H3. The average Bonchev–Trinajstić information content (AvgIpc) is 2.46. The van der Waals surface area contributed by atoms with Crippen LogP contribution < -0.4 is 0 Å². The highest BCUT2D eigenvalue weighted by atomic mass is 32.2. The van der Waals surface area contributed by atoms with Crippen molar-refractivity contribution in [3.8, 4) is 16.9 Å². The summed E-state index contributed by atoms with van der Waals surface area (Å²) in [4.78, 5) is 7.72. The van der Waals surface area contributed by atoms with Gasteiger partial charge in [-0.1, -0.05) is 6.07 Å². The largest absolute Gasteiger partial charge is 0.506 e. The molecule has 2 aromatic carbocycles. The number of halogens is 1. The van der Waals surface area contributed by atoms with Gasteiger partial charge in [0.2, 0.25) is 0 Å². The topological polar surface area (TPSA) is 80.2 Å². The summed E-state index contributed by atoms with van der Waals surface area (Å²) < 4.78 is 37.1.